The maximum Gasteiger partial charge on any atom is 0.255 e. The Balaban J connectivity index is 1.50. The molecule has 2 atom stereocenters. The first-order valence-electron chi connectivity index (χ1n) is 9.07. The number of carbonyl (C=O) groups excluding carboxylic acids is 1. The van der Waals surface area contributed by atoms with Crippen LogP contribution in [0.15, 0.2) is 51.4 Å². The number of ether oxygens (including phenoxy) is 1. The molecule has 1 amide bonds. The maximum atomic E-state index is 12.9. The molecule has 4 rings (SSSR count). The summed E-state index contributed by atoms with van der Waals surface area (Å²) in [7, 11) is 0. The molecule has 0 spiro atoms. The van der Waals surface area contributed by atoms with E-state index in [-0.39, 0.29) is 17.9 Å². The van der Waals surface area contributed by atoms with Crippen molar-refractivity contribution in [3.05, 3.63) is 65.2 Å². The Labute approximate surface area is 157 Å². The van der Waals surface area contributed by atoms with Crippen molar-refractivity contribution in [3.8, 4) is 11.3 Å². The summed E-state index contributed by atoms with van der Waals surface area (Å²) in [5.41, 5.74) is 2.28. The molecule has 1 N–H and O–H groups in total. The van der Waals surface area contributed by atoms with E-state index in [4.69, 9.17) is 13.7 Å². The fourth-order valence-electron chi connectivity index (χ4n) is 3.46. The first kappa shape index (κ1) is 17.5. The number of nitrogens with zero attached hydrogens (tertiary/aromatic N) is 1. The number of benzene rings is 1. The largest absolute Gasteiger partial charge is 0.461 e. The zero-order valence-corrected chi connectivity index (χ0v) is 15.4. The first-order chi connectivity index (χ1) is 13.1. The van der Waals surface area contributed by atoms with Crippen molar-refractivity contribution in [3.63, 3.8) is 0 Å². The molecule has 0 unspecified atom stereocenters. The number of carbonyl (C=O) groups is 1. The molecule has 1 saturated heterocycles. The highest BCUT2D eigenvalue weighted by atomic mass is 16.5. The Morgan fingerprint density at radius 2 is 2.00 bits per heavy atom. The van der Waals surface area contributed by atoms with Crippen LogP contribution in [0.3, 0.4) is 0 Å². The van der Waals surface area contributed by atoms with Gasteiger partial charge in [-0.15, -0.1) is 0 Å². The van der Waals surface area contributed by atoms with Crippen LogP contribution in [0, 0.1) is 19.8 Å². The van der Waals surface area contributed by atoms with Gasteiger partial charge >= 0.3 is 0 Å². The van der Waals surface area contributed by atoms with Crippen LogP contribution in [-0.2, 0) is 11.2 Å². The average molecular weight is 366 g/mol. The predicted molar refractivity (Wildman–Crippen MR) is 99.4 cm³/mol. The van der Waals surface area contributed by atoms with Gasteiger partial charge in [-0.3, -0.25) is 4.79 Å². The standard InChI is InChI=1S/C21H22N2O4/c1-13-8-17(27-23-13)10-16-11-25-12-19(16)22-21(24)18-9-14(2)26-20(18)15-6-4-3-5-7-15/h3-9,16,19H,10-12H2,1-2H3,(H,22,24)/t16-,19+/m1/s1. The Kier molecular flexibility index (Phi) is 4.81. The summed E-state index contributed by atoms with van der Waals surface area (Å²) in [5, 5.41) is 7.03. The smallest absolute Gasteiger partial charge is 0.255 e. The van der Waals surface area contributed by atoms with Crippen molar-refractivity contribution < 1.29 is 18.5 Å². The highest BCUT2D eigenvalue weighted by Crippen LogP contribution is 2.28. The average Bonchev–Trinajstić information content (AvgIpc) is 3.37. The Morgan fingerprint density at radius 3 is 2.74 bits per heavy atom. The second kappa shape index (κ2) is 7.40. The zero-order valence-electron chi connectivity index (χ0n) is 15.4. The molecule has 3 heterocycles. The van der Waals surface area contributed by atoms with Gasteiger partial charge in [-0.2, -0.15) is 0 Å². The van der Waals surface area contributed by atoms with Crippen LogP contribution >= 0.6 is 0 Å². The van der Waals surface area contributed by atoms with Crippen molar-refractivity contribution in [2.75, 3.05) is 13.2 Å². The molecule has 3 aromatic rings. The topological polar surface area (TPSA) is 77.5 Å². The predicted octanol–water partition coefficient (Wildman–Crippen LogP) is 3.54. The van der Waals surface area contributed by atoms with E-state index in [1.807, 2.05) is 50.2 Å². The van der Waals surface area contributed by atoms with Gasteiger partial charge in [0.15, 0.2) is 0 Å². The molecule has 6 nitrogen and oxygen atoms in total. The maximum absolute atomic E-state index is 12.9. The highest BCUT2D eigenvalue weighted by molar-refractivity contribution is 6.00. The van der Waals surface area contributed by atoms with E-state index in [0.717, 1.165) is 17.0 Å². The van der Waals surface area contributed by atoms with E-state index in [1.165, 1.54) is 0 Å². The quantitative estimate of drug-likeness (QED) is 0.747. The molecular weight excluding hydrogens is 344 g/mol. The summed E-state index contributed by atoms with van der Waals surface area (Å²) in [6.45, 7) is 4.81. The van der Waals surface area contributed by atoms with E-state index in [1.54, 1.807) is 6.07 Å². The number of hydrogen-bond donors (Lipinski definition) is 1. The summed E-state index contributed by atoms with van der Waals surface area (Å²) in [4.78, 5) is 12.9. The summed E-state index contributed by atoms with van der Waals surface area (Å²) >= 11 is 0. The van der Waals surface area contributed by atoms with Crippen LogP contribution in [0.5, 0.6) is 0 Å². The van der Waals surface area contributed by atoms with Crippen LogP contribution in [-0.4, -0.2) is 30.3 Å². The number of furan rings is 1. The van der Waals surface area contributed by atoms with Crippen LogP contribution in [0.2, 0.25) is 0 Å². The number of amides is 1. The van der Waals surface area contributed by atoms with Gasteiger partial charge in [0.05, 0.1) is 30.5 Å². The Hall–Kier alpha value is -2.86. The molecule has 0 aliphatic carbocycles. The van der Waals surface area contributed by atoms with Gasteiger partial charge in [-0.25, -0.2) is 0 Å². The molecule has 0 bridgehead atoms. The van der Waals surface area contributed by atoms with Gasteiger partial charge in [-0.1, -0.05) is 35.5 Å². The van der Waals surface area contributed by atoms with E-state index >= 15 is 0 Å². The van der Waals surface area contributed by atoms with Gasteiger partial charge in [0.25, 0.3) is 5.91 Å². The van der Waals surface area contributed by atoms with Crippen molar-refractivity contribution in [2.24, 2.45) is 5.92 Å². The normalized spacial score (nSPS) is 19.3. The van der Waals surface area contributed by atoms with Crippen molar-refractivity contribution in [1.82, 2.24) is 10.5 Å². The molecule has 1 aliphatic heterocycles. The van der Waals surface area contributed by atoms with Crippen LogP contribution in [0.1, 0.15) is 27.6 Å². The molecule has 1 fully saturated rings. The SMILES string of the molecule is Cc1cc(C[C@@H]2COC[C@@H]2NC(=O)c2cc(C)oc2-c2ccccc2)on1. The van der Waals surface area contributed by atoms with Crippen LogP contribution < -0.4 is 5.32 Å². The second-order valence-corrected chi connectivity index (χ2v) is 6.98. The van der Waals surface area contributed by atoms with Crippen LogP contribution in [0.25, 0.3) is 11.3 Å². The molecule has 2 aromatic heterocycles. The minimum Gasteiger partial charge on any atom is -0.461 e. The lowest BCUT2D eigenvalue weighted by molar-refractivity contribution is 0.0924. The highest BCUT2D eigenvalue weighted by Gasteiger charge is 2.32. The summed E-state index contributed by atoms with van der Waals surface area (Å²) in [6.07, 6.45) is 0.682. The molecular formula is C21H22N2O4. The van der Waals surface area contributed by atoms with Gasteiger partial charge < -0.3 is 19.0 Å². The molecule has 1 aromatic carbocycles. The number of aromatic nitrogens is 1. The second-order valence-electron chi connectivity index (χ2n) is 6.98. The zero-order chi connectivity index (χ0) is 18.8. The van der Waals surface area contributed by atoms with E-state index < -0.39 is 0 Å². The van der Waals surface area contributed by atoms with E-state index in [0.29, 0.717) is 36.7 Å². The molecule has 27 heavy (non-hydrogen) atoms. The van der Waals surface area contributed by atoms with Crippen LogP contribution in [0.4, 0.5) is 0 Å². The van der Waals surface area contributed by atoms with Gasteiger partial charge in [0, 0.05) is 24.0 Å². The summed E-state index contributed by atoms with van der Waals surface area (Å²) in [6, 6.07) is 13.3. The number of nitrogens with one attached hydrogen (secondary N) is 1. The summed E-state index contributed by atoms with van der Waals surface area (Å²) in [5.74, 6) is 2.10. The lowest BCUT2D eigenvalue weighted by atomic mass is 9.97. The van der Waals surface area contributed by atoms with E-state index in [9.17, 15) is 4.79 Å². The van der Waals surface area contributed by atoms with E-state index in [2.05, 4.69) is 10.5 Å². The third-order valence-electron chi connectivity index (χ3n) is 4.79. The fourth-order valence-corrected chi connectivity index (χ4v) is 3.46. The van der Waals surface area contributed by atoms with Crippen molar-refractivity contribution in [1.29, 1.82) is 0 Å². The van der Waals surface area contributed by atoms with Crippen molar-refractivity contribution >= 4 is 5.91 Å². The van der Waals surface area contributed by atoms with Gasteiger partial charge in [0.2, 0.25) is 0 Å². The molecule has 140 valence electrons. The number of hydrogen-bond acceptors (Lipinski definition) is 5. The minimum absolute atomic E-state index is 0.0817. The lowest BCUT2D eigenvalue weighted by Crippen LogP contribution is -2.40. The summed E-state index contributed by atoms with van der Waals surface area (Å²) < 4.78 is 16.7. The number of rotatable bonds is 5. The fraction of sp³-hybridized carbons (Fsp3) is 0.333. The Morgan fingerprint density at radius 1 is 1.19 bits per heavy atom. The molecule has 1 aliphatic rings. The van der Waals surface area contributed by atoms with Gasteiger partial charge in [0.1, 0.15) is 17.3 Å². The molecule has 6 heteroatoms. The monoisotopic (exact) mass is 366 g/mol. The number of aryl methyl sites for hydroxylation is 2. The van der Waals surface area contributed by atoms with Gasteiger partial charge in [-0.05, 0) is 19.9 Å². The lowest BCUT2D eigenvalue weighted by Gasteiger charge is -2.18. The first-order valence-corrected chi connectivity index (χ1v) is 9.07. The third-order valence-corrected chi connectivity index (χ3v) is 4.79. The Bertz CT molecular complexity index is 929. The molecule has 0 saturated carbocycles. The minimum atomic E-state index is -0.153. The third kappa shape index (κ3) is 3.80. The molecule has 0 radical (unpaired) electrons. The van der Waals surface area contributed by atoms with Crippen molar-refractivity contribution in [2.45, 2.75) is 26.3 Å².